The summed E-state index contributed by atoms with van der Waals surface area (Å²) < 4.78 is 0. The molecule has 104 valence electrons. The Bertz CT molecular complexity index is 724. The number of fused-ring (bicyclic) bond motifs is 1. The van der Waals surface area contributed by atoms with E-state index < -0.39 is 0 Å². The molecule has 0 aliphatic heterocycles. The van der Waals surface area contributed by atoms with Crippen molar-refractivity contribution in [1.29, 1.82) is 0 Å². The first kappa shape index (κ1) is 13.3. The summed E-state index contributed by atoms with van der Waals surface area (Å²) in [6.07, 6.45) is 4.69. The molecule has 0 fully saturated rings. The fourth-order valence-electron chi connectivity index (χ4n) is 2.49. The number of nitrogens with two attached hydrogens (primary N) is 1. The van der Waals surface area contributed by atoms with Crippen molar-refractivity contribution < 1.29 is 0 Å². The second-order valence-corrected chi connectivity index (χ2v) is 6.19. The number of rotatable bonds is 4. The SMILES string of the molecule is CCC(C)(CN)c1ccsc1-c1ccnc2[nH]ncc12. The van der Waals surface area contributed by atoms with Gasteiger partial charge < -0.3 is 5.73 Å². The number of thiophene rings is 1. The van der Waals surface area contributed by atoms with Gasteiger partial charge in [-0.3, -0.25) is 5.10 Å². The lowest BCUT2D eigenvalue weighted by molar-refractivity contribution is 0.470. The van der Waals surface area contributed by atoms with E-state index in [4.69, 9.17) is 5.73 Å². The molecule has 3 rings (SSSR count). The Morgan fingerprint density at radius 1 is 1.40 bits per heavy atom. The number of hydrogen-bond acceptors (Lipinski definition) is 4. The second-order valence-electron chi connectivity index (χ2n) is 5.27. The van der Waals surface area contributed by atoms with Crippen molar-refractivity contribution >= 4 is 22.4 Å². The lowest BCUT2D eigenvalue weighted by atomic mass is 9.79. The van der Waals surface area contributed by atoms with Gasteiger partial charge in [0.05, 0.1) is 6.20 Å². The molecule has 1 unspecified atom stereocenters. The van der Waals surface area contributed by atoms with E-state index in [1.54, 1.807) is 11.3 Å². The van der Waals surface area contributed by atoms with Crippen LogP contribution in [0.5, 0.6) is 0 Å². The first-order valence-corrected chi connectivity index (χ1v) is 7.64. The highest BCUT2D eigenvalue weighted by Gasteiger charge is 2.27. The van der Waals surface area contributed by atoms with Gasteiger partial charge in [0.15, 0.2) is 5.65 Å². The van der Waals surface area contributed by atoms with E-state index in [1.807, 2.05) is 12.4 Å². The Kier molecular flexibility index (Phi) is 3.31. The number of aromatic amines is 1. The van der Waals surface area contributed by atoms with Gasteiger partial charge >= 0.3 is 0 Å². The Morgan fingerprint density at radius 3 is 3.00 bits per heavy atom. The highest BCUT2D eigenvalue weighted by molar-refractivity contribution is 7.13. The van der Waals surface area contributed by atoms with Gasteiger partial charge in [-0.15, -0.1) is 11.3 Å². The fourth-order valence-corrected chi connectivity index (χ4v) is 3.57. The van der Waals surface area contributed by atoms with Gasteiger partial charge in [-0.05, 0) is 29.5 Å². The molecule has 1 atom stereocenters. The van der Waals surface area contributed by atoms with E-state index in [2.05, 4.69) is 46.5 Å². The zero-order chi connectivity index (χ0) is 14.2. The van der Waals surface area contributed by atoms with Crippen LogP contribution in [0.3, 0.4) is 0 Å². The zero-order valence-electron chi connectivity index (χ0n) is 11.7. The standard InChI is InChI=1S/C15H18N4S/c1-3-15(2,9-16)12-5-7-20-13(12)10-4-6-17-14-11(10)8-18-19-14/h4-8H,3,9,16H2,1-2H3,(H,17,18,19). The van der Waals surface area contributed by atoms with Crippen LogP contribution in [0.2, 0.25) is 0 Å². The summed E-state index contributed by atoms with van der Waals surface area (Å²) in [6, 6.07) is 4.25. The van der Waals surface area contributed by atoms with Crippen LogP contribution >= 0.6 is 11.3 Å². The Balaban J connectivity index is 2.22. The lowest BCUT2D eigenvalue weighted by Crippen LogP contribution is -2.31. The van der Waals surface area contributed by atoms with E-state index in [1.165, 1.54) is 16.0 Å². The molecule has 4 nitrogen and oxygen atoms in total. The number of pyridine rings is 1. The van der Waals surface area contributed by atoms with Crippen LogP contribution in [0, 0.1) is 0 Å². The maximum atomic E-state index is 6.02. The quantitative estimate of drug-likeness (QED) is 0.773. The lowest BCUT2D eigenvalue weighted by Gasteiger charge is -2.27. The molecule has 3 aromatic heterocycles. The van der Waals surface area contributed by atoms with E-state index in [0.29, 0.717) is 6.54 Å². The zero-order valence-corrected chi connectivity index (χ0v) is 12.5. The minimum Gasteiger partial charge on any atom is -0.330 e. The van der Waals surface area contributed by atoms with Gasteiger partial charge in [0.1, 0.15) is 0 Å². The predicted molar refractivity (Wildman–Crippen MR) is 83.9 cm³/mol. The van der Waals surface area contributed by atoms with Crippen LogP contribution in [0.15, 0.2) is 29.9 Å². The summed E-state index contributed by atoms with van der Waals surface area (Å²) in [5, 5.41) is 10.2. The maximum absolute atomic E-state index is 6.02. The minimum absolute atomic E-state index is 0.00859. The van der Waals surface area contributed by atoms with Crippen LogP contribution in [0.1, 0.15) is 25.8 Å². The molecule has 20 heavy (non-hydrogen) atoms. The molecular weight excluding hydrogens is 268 g/mol. The monoisotopic (exact) mass is 286 g/mol. The molecule has 3 heterocycles. The molecule has 0 saturated heterocycles. The van der Waals surface area contributed by atoms with Gasteiger partial charge in [-0.2, -0.15) is 5.10 Å². The third-order valence-electron chi connectivity index (χ3n) is 4.15. The van der Waals surface area contributed by atoms with Crippen LogP contribution < -0.4 is 5.73 Å². The van der Waals surface area contributed by atoms with Gasteiger partial charge in [-0.1, -0.05) is 13.8 Å². The molecule has 0 amide bonds. The van der Waals surface area contributed by atoms with Crippen molar-refractivity contribution in [2.45, 2.75) is 25.7 Å². The van der Waals surface area contributed by atoms with Crippen molar-refractivity contribution in [2.24, 2.45) is 5.73 Å². The largest absolute Gasteiger partial charge is 0.330 e. The van der Waals surface area contributed by atoms with E-state index in [-0.39, 0.29) is 5.41 Å². The van der Waals surface area contributed by atoms with Gasteiger partial charge in [0, 0.05) is 34.0 Å². The number of nitrogens with one attached hydrogen (secondary N) is 1. The maximum Gasteiger partial charge on any atom is 0.155 e. The molecule has 5 heteroatoms. The first-order chi connectivity index (χ1) is 9.69. The Morgan fingerprint density at radius 2 is 2.25 bits per heavy atom. The van der Waals surface area contributed by atoms with Crippen LogP contribution in [-0.4, -0.2) is 21.7 Å². The van der Waals surface area contributed by atoms with Crippen molar-refractivity contribution in [2.75, 3.05) is 6.54 Å². The Labute approximate surface area is 122 Å². The summed E-state index contributed by atoms with van der Waals surface area (Å²) in [5.41, 5.74) is 9.36. The molecule has 0 aliphatic carbocycles. The van der Waals surface area contributed by atoms with E-state index in [0.717, 1.165) is 17.5 Å². The summed E-state index contributed by atoms with van der Waals surface area (Å²) >= 11 is 1.75. The third kappa shape index (κ3) is 1.94. The summed E-state index contributed by atoms with van der Waals surface area (Å²) in [4.78, 5) is 5.58. The van der Waals surface area contributed by atoms with Gasteiger partial charge in [-0.25, -0.2) is 4.98 Å². The molecule has 0 aromatic carbocycles. The highest BCUT2D eigenvalue weighted by atomic mass is 32.1. The highest BCUT2D eigenvalue weighted by Crippen LogP contribution is 2.40. The van der Waals surface area contributed by atoms with Crippen molar-refractivity contribution in [3.05, 3.63) is 35.5 Å². The molecule has 0 radical (unpaired) electrons. The molecule has 0 bridgehead atoms. The average Bonchev–Trinajstić information content (AvgIpc) is 3.14. The third-order valence-corrected chi connectivity index (χ3v) is 5.09. The fraction of sp³-hybridized carbons (Fsp3) is 0.333. The normalized spacial score (nSPS) is 14.6. The molecule has 3 N–H and O–H groups in total. The van der Waals surface area contributed by atoms with Gasteiger partial charge in [0.2, 0.25) is 0 Å². The Hall–Kier alpha value is -1.72. The summed E-state index contributed by atoms with van der Waals surface area (Å²) in [6.45, 7) is 5.06. The first-order valence-electron chi connectivity index (χ1n) is 6.76. The number of aromatic nitrogens is 3. The van der Waals surface area contributed by atoms with Crippen LogP contribution in [0.4, 0.5) is 0 Å². The van der Waals surface area contributed by atoms with Crippen LogP contribution in [0.25, 0.3) is 21.5 Å². The summed E-state index contributed by atoms with van der Waals surface area (Å²) in [5.74, 6) is 0. The molecular formula is C15H18N4S. The molecule has 0 spiro atoms. The van der Waals surface area contributed by atoms with Crippen molar-refractivity contribution in [3.8, 4) is 10.4 Å². The van der Waals surface area contributed by atoms with E-state index in [9.17, 15) is 0 Å². The van der Waals surface area contributed by atoms with Crippen LogP contribution in [-0.2, 0) is 5.41 Å². The number of nitrogens with zero attached hydrogens (tertiary/aromatic N) is 2. The molecule has 0 saturated carbocycles. The number of H-pyrrole nitrogens is 1. The smallest absolute Gasteiger partial charge is 0.155 e. The van der Waals surface area contributed by atoms with Crippen molar-refractivity contribution in [1.82, 2.24) is 15.2 Å². The average molecular weight is 286 g/mol. The number of hydrogen-bond donors (Lipinski definition) is 2. The topological polar surface area (TPSA) is 67.6 Å². The van der Waals surface area contributed by atoms with Gasteiger partial charge in [0.25, 0.3) is 0 Å². The molecule has 0 aliphatic rings. The van der Waals surface area contributed by atoms with E-state index >= 15 is 0 Å². The summed E-state index contributed by atoms with van der Waals surface area (Å²) in [7, 11) is 0. The van der Waals surface area contributed by atoms with Crippen molar-refractivity contribution in [3.63, 3.8) is 0 Å². The predicted octanol–water partition coefficient (Wildman–Crippen LogP) is 3.31. The minimum atomic E-state index is 0.00859. The molecule has 3 aromatic rings. The second kappa shape index (κ2) is 5.00.